The van der Waals surface area contributed by atoms with Crippen molar-refractivity contribution in [1.82, 2.24) is 4.72 Å². The van der Waals surface area contributed by atoms with Crippen LogP contribution in [-0.4, -0.2) is 32.0 Å². The van der Waals surface area contributed by atoms with E-state index >= 15 is 0 Å². The van der Waals surface area contributed by atoms with Crippen molar-refractivity contribution < 1.29 is 18.0 Å². The number of imide groups is 1. The Labute approximate surface area is 177 Å². The number of hydrogen-bond acceptors (Lipinski definition) is 5. The summed E-state index contributed by atoms with van der Waals surface area (Å²) < 4.78 is 27.0. The van der Waals surface area contributed by atoms with Gasteiger partial charge in [-0.1, -0.05) is 43.7 Å². The van der Waals surface area contributed by atoms with Crippen LogP contribution in [0.1, 0.15) is 45.1 Å². The first-order valence-corrected chi connectivity index (χ1v) is 11.7. The number of nitrogens with one attached hydrogen (secondary N) is 1. The van der Waals surface area contributed by atoms with Gasteiger partial charge in [-0.25, -0.2) is 18.0 Å². The van der Waals surface area contributed by atoms with Gasteiger partial charge in [-0.15, -0.1) is 0 Å². The predicted molar refractivity (Wildman–Crippen MR) is 118 cm³/mol. The van der Waals surface area contributed by atoms with Crippen LogP contribution in [0.15, 0.2) is 42.5 Å². The first-order valence-electron chi connectivity index (χ1n) is 10.0. The number of carbonyl (C=O) groups is 2. The predicted octanol–water partition coefficient (Wildman–Crippen LogP) is 3.02. The highest BCUT2D eigenvalue weighted by atomic mass is 32.2. The van der Waals surface area contributed by atoms with E-state index in [9.17, 15) is 18.0 Å². The number of amides is 2. The van der Waals surface area contributed by atoms with E-state index < -0.39 is 33.8 Å². The van der Waals surface area contributed by atoms with E-state index in [1.54, 1.807) is 25.1 Å². The minimum absolute atomic E-state index is 0.0690. The third-order valence-corrected chi connectivity index (χ3v) is 6.86. The standard InChI is InChI=1S/C22H27N3O4S/c1-4-5-13-30(28,29)24-15(3)22(27)25-19-12-8-11-18(23)20(19)17-10-7-6-9-16(17)14(2)21(25)26/h6-12,14-15,24H,4-5,13,23H2,1-3H3/t14?,15-/m0/s1. The van der Waals surface area contributed by atoms with E-state index in [4.69, 9.17) is 5.73 Å². The summed E-state index contributed by atoms with van der Waals surface area (Å²) in [4.78, 5) is 27.7. The number of nitrogen functional groups attached to an aromatic ring is 1. The molecule has 0 aromatic heterocycles. The second-order valence-corrected chi connectivity index (χ2v) is 9.45. The van der Waals surface area contributed by atoms with Gasteiger partial charge in [0.2, 0.25) is 15.9 Å². The highest BCUT2D eigenvalue weighted by Crippen LogP contribution is 2.44. The van der Waals surface area contributed by atoms with Gasteiger partial charge >= 0.3 is 0 Å². The highest BCUT2D eigenvalue weighted by Gasteiger charge is 2.38. The number of anilines is 2. The summed E-state index contributed by atoms with van der Waals surface area (Å²) in [6.45, 7) is 5.08. The molecule has 0 saturated carbocycles. The lowest BCUT2D eigenvalue weighted by atomic mass is 9.92. The van der Waals surface area contributed by atoms with Crippen LogP contribution in [0.4, 0.5) is 11.4 Å². The molecular weight excluding hydrogens is 402 g/mol. The zero-order chi connectivity index (χ0) is 22.1. The summed E-state index contributed by atoms with van der Waals surface area (Å²) in [6.07, 6.45) is 1.21. The number of unbranched alkanes of at least 4 members (excludes halogenated alkanes) is 1. The van der Waals surface area contributed by atoms with Crippen LogP contribution in [0.2, 0.25) is 0 Å². The molecule has 1 aliphatic rings. The average Bonchev–Trinajstić information content (AvgIpc) is 2.80. The van der Waals surface area contributed by atoms with Crippen molar-refractivity contribution in [3.05, 3.63) is 48.0 Å². The Bertz CT molecular complexity index is 1080. The second kappa shape index (κ2) is 8.57. The van der Waals surface area contributed by atoms with Crippen molar-refractivity contribution in [2.75, 3.05) is 16.4 Å². The maximum absolute atomic E-state index is 13.4. The summed E-state index contributed by atoms with van der Waals surface area (Å²) in [5.74, 6) is -1.72. The zero-order valence-electron chi connectivity index (χ0n) is 17.4. The quantitative estimate of drug-likeness (QED) is 0.686. The lowest BCUT2D eigenvalue weighted by Crippen LogP contribution is -2.50. The molecule has 2 aromatic carbocycles. The van der Waals surface area contributed by atoms with Crippen LogP contribution in [-0.2, 0) is 19.6 Å². The topological polar surface area (TPSA) is 110 Å². The van der Waals surface area contributed by atoms with E-state index in [1.165, 1.54) is 6.92 Å². The molecule has 2 atom stereocenters. The Balaban J connectivity index is 2.06. The van der Waals surface area contributed by atoms with Crippen LogP contribution in [0.3, 0.4) is 0 Å². The molecule has 1 aliphatic heterocycles. The minimum Gasteiger partial charge on any atom is -0.398 e. The monoisotopic (exact) mass is 429 g/mol. The fourth-order valence-corrected chi connectivity index (χ4v) is 5.15. The molecule has 1 heterocycles. The number of benzene rings is 2. The summed E-state index contributed by atoms with van der Waals surface area (Å²) in [6, 6.07) is 11.4. The number of rotatable bonds is 6. The third-order valence-electron chi connectivity index (χ3n) is 5.32. The molecule has 2 aromatic rings. The fraction of sp³-hybridized carbons (Fsp3) is 0.364. The normalized spacial score (nSPS) is 17.1. The molecule has 8 heteroatoms. The fourth-order valence-electron chi connectivity index (χ4n) is 3.72. The van der Waals surface area contributed by atoms with Crippen molar-refractivity contribution in [3.8, 4) is 11.1 Å². The Morgan fingerprint density at radius 3 is 2.60 bits per heavy atom. The molecule has 2 amide bonds. The molecule has 3 rings (SSSR count). The third kappa shape index (κ3) is 4.11. The first-order chi connectivity index (χ1) is 14.2. The van der Waals surface area contributed by atoms with Gasteiger partial charge < -0.3 is 5.73 Å². The number of sulfonamides is 1. The Kier molecular flexibility index (Phi) is 6.28. The summed E-state index contributed by atoms with van der Waals surface area (Å²) in [5.41, 5.74) is 9.21. The van der Waals surface area contributed by atoms with Crippen LogP contribution in [0, 0.1) is 0 Å². The molecule has 0 saturated heterocycles. The van der Waals surface area contributed by atoms with E-state index in [0.717, 1.165) is 22.4 Å². The maximum atomic E-state index is 13.4. The molecule has 7 nitrogen and oxygen atoms in total. The number of nitrogens with two attached hydrogens (primary N) is 1. The smallest absolute Gasteiger partial charge is 0.251 e. The molecule has 30 heavy (non-hydrogen) atoms. The average molecular weight is 430 g/mol. The van der Waals surface area contributed by atoms with Crippen molar-refractivity contribution in [3.63, 3.8) is 0 Å². The van der Waals surface area contributed by atoms with Crippen molar-refractivity contribution in [1.29, 1.82) is 0 Å². The maximum Gasteiger partial charge on any atom is 0.251 e. The van der Waals surface area contributed by atoms with Crippen molar-refractivity contribution in [2.24, 2.45) is 0 Å². The summed E-state index contributed by atoms with van der Waals surface area (Å²) in [5, 5.41) is 0. The van der Waals surface area contributed by atoms with Gasteiger partial charge in [0.25, 0.3) is 5.91 Å². The van der Waals surface area contributed by atoms with Gasteiger partial charge in [0, 0.05) is 11.3 Å². The number of nitrogens with zero attached hydrogens (tertiary/aromatic N) is 1. The van der Waals surface area contributed by atoms with E-state index in [2.05, 4.69) is 4.72 Å². The van der Waals surface area contributed by atoms with Gasteiger partial charge in [0.15, 0.2) is 0 Å². The van der Waals surface area contributed by atoms with Crippen LogP contribution >= 0.6 is 0 Å². The zero-order valence-corrected chi connectivity index (χ0v) is 18.2. The van der Waals surface area contributed by atoms with Gasteiger partial charge in [-0.05, 0) is 43.5 Å². The summed E-state index contributed by atoms with van der Waals surface area (Å²) in [7, 11) is -3.64. The molecular formula is C22H27N3O4S. The van der Waals surface area contributed by atoms with Crippen molar-refractivity contribution in [2.45, 2.75) is 45.6 Å². The van der Waals surface area contributed by atoms with E-state index in [0.29, 0.717) is 23.4 Å². The van der Waals surface area contributed by atoms with Gasteiger partial charge in [-0.2, -0.15) is 0 Å². The number of fused-ring (bicyclic) bond motifs is 3. The Hall–Kier alpha value is -2.71. The molecule has 0 aliphatic carbocycles. The number of hydrogen-bond donors (Lipinski definition) is 2. The van der Waals surface area contributed by atoms with Gasteiger partial charge in [0.1, 0.15) is 0 Å². The molecule has 1 unspecified atom stereocenters. The SMILES string of the molecule is CCCCS(=O)(=O)N[C@@H](C)C(=O)N1C(=O)C(C)c2ccccc2-c2c(N)cccc21. The lowest BCUT2D eigenvalue weighted by Gasteiger charge is -2.26. The van der Waals surface area contributed by atoms with E-state index in [1.807, 2.05) is 31.2 Å². The van der Waals surface area contributed by atoms with Crippen molar-refractivity contribution >= 4 is 33.2 Å². The summed E-state index contributed by atoms with van der Waals surface area (Å²) >= 11 is 0. The molecule has 0 radical (unpaired) electrons. The highest BCUT2D eigenvalue weighted by molar-refractivity contribution is 7.89. The molecule has 3 N–H and O–H groups in total. The van der Waals surface area contributed by atoms with Gasteiger partial charge in [-0.3, -0.25) is 9.59 Å². The first kappa shape index (κ1) is 22.0. The van der Waals surface area contributed by atoms with Crippen LogP contribution < -0.4 is 15.4 Å². The molecule has 160 valence electrons. The minimum atomic E-state index is -3.64. The Morgan fingerprint density at radius 1 is 1.20 bits per heavy atom. The van der Waals surface area contributed by atoms with Crippen LogP contribution in [0.25, 0.3) is 11.1 Å². The second-order valence-electron chi connectivity index (χ2n) is 7.57. The molecule has 0 bridgehead atoms. The number of carbonyl (C=O) groups excluding carboxylic acids is 2. The van der Waals surface area contributed by atoms with E-state index in [-0.39, 0.29) is 5.75 Å². The van der Waals surface area contributed by atoms with Crippen LogP contribution in [0.5, 0.6) is 0 Å². The largest absolute Gasteiger partial charge is 0.398 e. The molecule has 0 spiro atoms. The van der Waals surface area contributed by atoms with Gasteiger partial charge in [0.05, 0.1) is 23.4 Å². The lowest BCUT2D eigenvalue weighted by molar-refractivity contribution is -0.127. The molecule has 0 fully saturated rings. The Morgan fingerprint density at radius 2 is 1.90 bits per heavy atom.